The summed E-state index contributed by atoms with van der Waals surface area (Å²) in [5.74, 6) is 0. The van der Waals surface area contributed by atoms with Crippen LogP contribution in [0.2, 0.25) is 0 Å². The topological polar surface area (TPSA) is 55.4 Å². The van der Waals surface area contributed by atoms with Crippen molar-refractivity contribution < 1.29 is 28.4 Å². The Kier molecular flexibility index (Phi) is 22.8. The summed E-state index contributed by atoms with van der Waals surface area (Å²) in [6, 6.07) is 41.1. The fourth-order valence-corrected chi connectivity index (χ4v) is 7.73. The predicted molar refractivity (Wildman–Crippen MR) is 235 cm³/mol. The monoisotopic (exact) mass is 793 g/mol. The van der Waals surface area contributed by atoms with Gasteiger partial charge in [-0.3, -0.25) is 0 Å². The van der Waals surface area contributed by atoms with E-state index in [1.54, 1.807) is 0 Å². The molecule has 1 aliphatic heterocycles. The third-order valence-electron chi connectivity index (χ3n) is 11.1. The van der Waals surface area contributed by atoms with Crippen LogP contribution in [-0.4, -0.2) is 43.9 Å². The van der Waals surface area contributed by atoms with Crippen LogP contribution in [0.15, 0.2) is 121 Å². The Morgan fingerprint density at radius 2 is 0.741 bits per heavy atom. The van der Waals surface area contributed by atoms with Gasteiger partial charge in [-0.1, -0.05) is 225 Å². The lowest BCUT2D eigenvalue weighted by molar-refractivity contribution is -0.328. The molecule has 0 saturated carbocycles. The highest BCUT2D eigenvalue weighted by Gasteiger charge is 2.49. The average molecular weight is 793 g/mol. The molecular weight excluding hydrogens is 721 g/mol. The van der Waals surface area contributed by atoms with Gasteiger partial charge in [-0.2, -0.15) is 0 Å². The molecule has 0 unspecified atom stereocenters. The Bertz CT molecular complexity index is 1540. The van der Waals surface area contributed by atoms with Gasteiger partial charge in [-0.15, -0.1) is 0 Å². The summed E-state index contributed by atoms with van der Waals surface area (Å²) in [4.78, 5) is 0. The number of ether oxygens (including phenoxy) is 6. The van der Waals surface area contributed by atoms with E-state index in [0.717, 1.165) is 35.1 Å². The van der Waals surface area contributed by atoms with E-state index in [4.69, 9.17) is 28.4 Å². The minimum Gasteiger partial charge on any atom is -0.374 e. The van der Waals surface area contributed by atoms with Crippen molar-refractivity contribution >= 4 is 0 Å². The van der Waals surface area contributed by atoms with E-state index in [-0.39, 0.29) is 0 Å². The summed E-state index contributed by atoms with van der Waals surface area (Å²) >= 11 is 0. The van der Waals surface area contributed by atoms with E-state index in [9.17, 15) is 0 Å². The first-order valence-corrected chi connectivity index (χ1v) is 22.7. The molecule has 6 nitrogen and oxygen atoms in total. The van der Waals surface area contributed by atoms with Crippen LogP contribution < -0.4 is 0 Å². The Labute approximate surface area is 350 Å². The van der Waals surface area contributed by atoms with Gasteiger partial charge in [0.05, 0.1) is 33.0 Å². The van der Waals surface area contributed by atoms with Crippen molar-refractivity contribution in [2.45, 2.75) is 167 Å². The van der Waals surface area contributed by atoms with Crippen molar-refractivity contribution in [2.24, 2.45) is 0 Å². The molecule has 0 amide bonds. The Morgan fingerprint density at radius 3 is 1.17 bits per heavy atom. The average Bonchev–Trinajstić information content (AvgIpc) is 3.27. The summed E-state index contributed by atoms with van der Waals surface area (Å²) in [7, 11) is 0. The second-order valence-corrected chi connectivity index (χ2v) is 16.0. The van der Waals surface area contributed by atoms with Crippen molar-refractivity contribution in [3.05, 3.63) is 144 Å². The van der Waals surface area contributed by atoms with Gasteiger partial charge in [0.25, 0.3) is 0 Å². The molecule has 1 aliphatic rings. The number of rotatable bonds is 31. The maximum Gasteiger partial charge on any atom is 0.186 e. The highest BCUT2D eigenvalue weighted by Crippen LogP contribution is 2.32. The molecule has 6 heteroatoms. The van der Waals surface area contributed by atoms with Gasteiger partial charge in [0.2, 0.25) is 0 Å². The van der Waals surface area contributed by atoms with Gasteiger partial charge in [0.15, 0.2) is 6.29 Å². The van der Waals surface area contributed by atoms with Gasteiger partial charge in [0, 0.05) is 6.61 Å². The second kappa shape index (κ2) is 29.0. The lowest BCUT2D eigenvalue weighted by Crippen LogP contribution is -2.61. The molecule has 1 fully saturated rings. The Morgan fingerprint density at radius 1 is 0.379 bits per heavy atom. The van der Waals surface area contributed by atoms with E-state index in [0.29, 0.717) is 39.6 Å². The molecule has 0 radical (unpaired) electrons. The normalized spacial score (nSPS) is 19.4. The molecular formula is C52H72O6. The Hall–Kier alpha value is -3.36. The van der Waals surface area contributed by atoms with E-state index >= 15 is 0 Å². The van der Waals surface area contributed by atoms with Gasteiger partial charge < -0.3 is 28.4 Å². The molecule has 0 spiro atoms. The highest BCUT2D eigenvalue weighted by molar-refractivity contribution is 5.16. The number of hydrogen-bond acceptors (Lipinski definition) is 6. The van der Waals surface area contributed by atoms with Crippen LogP contribution in [0.5, 0.6) is 0 Å². The minimum atomic E-state index is -0.650. The van der Waals surface area contributed by atoms with Gasteiger partial charge in [0.1, 0.15) is 24.4 Å². The summed E-state index contributed by atoms with van der Waals surface area (Å²) in [5.41, 5.74) is 4.35. The number of hydrogen-bond donors (Lipinski definition) is 0. The maximum absolute atomic E-state index is 6.87. The number of unbranched alkanes of at least 4 members (excludes halogenated alkanes) is 15. The third kappa shape index (κ3) is 17.9. The third-order valence-corrected chi connectivity index (χ3v) is 11.1. The van der Waals surface area contributed by atoms with Gasteiger partial charge in [-0.25, -0.2) is 0 Å². The zero-order valence-corrected chi connectivity index (χ0v) is 35.4. The van der Waals surface area contributed by atoms with Crippen LogP contribution in [0, 0.1) is 0 Å². The van der Waals surface area contributed by atoms with E-state index in [1.807, 2.05) is 72.8 Å². The highest BCUT2D eigenvalue weighted by atomic mass is 16.7. The smallest absolute Gasteiger partial charge is 0.186 e. The van der Waals surface area contributed by atoms with E-state index < -0.39 is 30.7 Å². The second-order valence-electron chi connectivity index (χ2n) is 16.0. The first kappa shape index (κ1) is 45.7. The summed E-state index contributed by atoms with van der Waals surface area (Å²) in [6.07, 6.45) is 18.7. The molecule has 0 N–H and O–H groups in total. The molecule has 1 heterocycles. The zero-order chi connectivity index (χ0) is 40.1. The fourth-order valence-electron chi connectivity index (χ4n) is 7.73. The summed E-state index contributed by atoms with van der Waals surface area (Å²) in [6.45, 7) is 4.89. The standard InChI is InChI=1S/C52H72O6/c1-2-3-4-5-6-7-8-9-10-11-12-13-14-15-16-29-38-54-52-51(57-42-47-36-27-20-28-37-47)50(56-41-46-34-25-19-26-35-46)49(55-40-45-32-23-18-24-33-45)48(58-52)43-53-39-44-30-21-17-22-31-44/h17-28,30-37,48-52H,2-16,29,38-43H2,1H3/t48-,49-,50+,51-,52+/m1/s1. The van der Waals surface area contributed by atoms with Crippen molar-refractivity contribution in [2.75, 3.05) is 13.2 Å². The van der Waals surface area contributed by atoms with Crippen LogP contribution in [0.3, 0.4) is 0 Å². The van der Waals surface area contributed by atoms with Crippen LogP contribution in [0.1, 0.15) is 132 Å². The molecule has 4 aromatic carbocycles. The molecule has 316 valence electrons. The molecule has 5 rings (SSSR count). The van der Waals surface area contributed by atoms with Gasteiger partial charge in [-0.05, 0) is 28.7 Å². The first-order chi connectivity index (χ1) is 28.8. The molecule has 4 aromatic rings. The first-order valence-electron chi connectivity index (χ1n) is 22.7. The predicted octanol–water partition coefficient (Wildman–Crippen LogP) is 13.0. The largest absolute Gasteiger partial charge is 0.374 e. The SMILES string of the molecule is CCCCCCCCCCCCCCCCCCO[C@H]1O[C@H](COCc2ccccc2)[C@@H](OCc2ccccc2)[C@H](OCc2ccccc2)[C@H]1OCc1ccccc1. The lowest BCUT2D eigenvalue weighted by Gasteiger charge is -2.46. The van der Waals surface area contributed by atoms with E-state index in [1.165, 1.54) is 89.9 Å². The Balaban J connectivity index is 1.19. The molecule has 1 saturated heterocycles. The van der Waals surface area contributed by atoms with E-state index in [2.05, 4.69) is 55.5 Å². The molecule has 58 heavy (non-hydrogen) atoms. The van der Waals surface area contributed by atoms with Crippen molar-refractivity contribution in [3.63, 3.8) is 0 Å². The molecule has 5 atom stereocenters. The minimum absolute atomic E-state index is 0.323. The van der Waals surface area contributed by atoms with Crippen LogP contribution >= 0.6 is 0 Å². The van der Waals surface area contributed by atoms with Crippen LogP contribution in [0.4, 0.5) is 0 Å². The lowest BCUT2D eigenvalue weighted by atomic mass is 9.97. The zero-order valence-electron chi connectivity index (χ0n) is 35.4. The fraction of sp³-hybridized carbons (Fsp3) is 0.538. The summed E-state index contributed by atoms with van der Waals surface area (Å²) in [5, 5.41) is 0. The van der Waals surface area contributed by atoms with Gasteiger partial charge >= 0.3 is 0 Å². The molecule has 0 aliphatic carbocycles. The van der Waals surface area contributed by atoms with Crippen LogP contribution in [-0.2, 0) is 54.8 Å². The van der Waals surface area contributed by atoms with Crippen molar-refractivity contribution in [1.82, 2.24) is 0 Å². The molecule has 0 aromatic heterocycles. The molecule has 0 bridgehead atoms. The van der Waals surface area contributed by atoms with Crippen molar-refractivity contribution in [3.8, 4) is 0 Å². The quantitative estimate of drug-likeness (QED) is 0.0473. The number of benzene rings is 4. The maximum atomic E-state index is 6.87. The van der Waals surface area contributed by atoms with Crippen molar-refractivity contribution in [1.29, 1.82) is 0 Å². The van der Waals surface area contributed by atoms with Crippen LogP contribution in [0.25, 0.3) is 0 Å². The summed E-state index contributed by atoms with van der Waals surface area (Å²) < 4.78 is 40.3.